The molecule has 0 unspecified atom stereocenters. The molecule has 3 aromatic rings. The van der Waals surface area contributed by atoms with Crippen LogP contribution >= 0.6 is 11.6 Å². The molecule has 6 heteroatoms. The first-order chi connectivity index (χ1) is 16.1. The van der Waals surface area contributed by atoms with E-state index in [0.29, 0.717) is 29.4 Å². The van der Waals surface area contributed by atoms with E-state index in [1.165, 1.54) is 0 Å². The van der Waals surface area contributed by atoms with Crippen molar-refractivity contribution in [2.45, 2.75) is 19.3 Å². The minimum atomic E-state index is -0.361. The number of hydrogen-bond donors (Lipinski definition) is 1. The van der Waals surface area contributed by atoms with Gasteiger partial charge in [-0.05, 0) is 79.4 Å². The van der Waals surface area contributed by atoms with Gasteiger partial charge in [-0.2, -0.15) is 0 Å². The molecule has 1 heterocycles. The van der Waals surface area contributed by atoms with Crippen LogP contribution in [0.5, 0.6) is 11.5 Å². The number of nitrogens with zero attached hydrogens (tertiary/aromatic N) is 1. The Hall–Kier alpha value is -3.57. The molecule has 33 heavy (non-hydrogen) atoms. The second-order valence-corrected chi connectivity index (χ2v) is 8.30. The Morgan fingerprint density at radius 1 is 0.848 bits per heavy atom. The number of benzene rings is 3. The fourth-order valence-electron chi connectivity index (χ4n) is 3.67. The lowest BCUT2D eigenvalue weighted by Crippen LogP contribution is -2.41. The Bertz CT molecular complexity index is 1140. The Labute approximate surface area is 198 Å². The van der Waals surface area contributed by atoms with Crippen LogP contribution in [0, 0.1) is 0 Å². The normalized spacial score (nSPS) is 14.0. The highest BCUT2D eigenvalue weighted by Gasteiger charge is 2.22. The number of halogens is 1. The molecule has 0 spiro atoms. The van der Waals surface area contributed by atoms with E-state index in [1.54, 1.807) is 35.2 Å². The summed E-state index contributed by atoms with van der Waals surface area (Å²) in [6.45, 7) is 1.37. The number of para-hydroxylation sites is 1. The van der Waals surface area contributed by atoms with Gasteiger partial charge in [0, 0.05) is 23.7 Å². The smallest absolute Gasteiger partial charge is 0.270 e. The SMILES string of the molecule is O=C(N/C(=C\c1cccc(Oc2ccccc2)c1)C(=O)N1CCCCC1)c1ccc(Cl)cc1. The van der Waals surface area contributed by atoms with Crippen molar-refractivity contribution in [3.05, 3.63) is 101 Å². The van der Waals surface area contributed by atoms with E-state index in [4.69, 9.17) is 16.3 Å². The van der Waals surface area contributed by atoms with E-state index in [1.807, 2.05) is 54.6 Å². The number of piperidine rings is 1. The van der Waals surface area contributed by atoms with Gasteiger partial charge in [0.15, 0.2) is 0 Å². The number of likely N-dealkylation sites (tertiary alicyclic amines) is 1. The van der Waals surface area contributed by atoms with Crippen LogP contribution < -0.4 is 10.1 Å². The zero-order valence-corrected chi connectivity index (χ0v) is 18.9. The molecule has 1 aliphatic heterocycles. The first-order valence-electron chi connectivity index (χ1n) is 11.0. The lowest BCUT2D eigenvalue weighted by Gasteiger charge is -2.27. The first kappa shape index (κ1) is 22.6. The van der Waals surface area contributed by atoms with Gasteiger partial charge >= 0.3 is 0 Å². The Morgan fingerprint density at radius 3 is 2.27 bits per heavy atom. The number of carbonyl (C=O) groups is 2. The summed E-state index contributed by atoms with van der Waals surface area (Å²) >= 11 is 5.94. The summed E-state index contributed by atoms with van der Waals surface area (Å²) in [7, 11) is 0. The van der Waals surface area contributed by atoms with E-state index in [9.17, 15) is 9.59 Å². The van der Waals surface area contributed by atoms with Crippen LogP contribution in [0.1, 0.15) is 35.2 Å². The zero-order chi connectivity index (χ0) is 23.0. The van der Waals surface area contributed by atoms with Gasteiger partial charge < -0.3 is 15.0 Å². The molecule has 5 nitrogen and oxygen atoms in total. The van der Waals surface area contributed by atoms with E-state index < -0.39 is 0 Å². The summed E-state index contributed by atoms with van der Waals surface area (Å²) in [5, 5.41) is 3.36. The number of amides is 2. The topological polar surface area (TPSA) is 58.6 Å². The minimum absolute atomic E-state index is 0.189. The third-order valence-corrected chi connectivity index (χ3v) is 5.63. The third kappa shape index (κ3) is 6.24. The van der Waals surface area contributed by atoms with Crippen molar-refractivity contribution in [1.82, 2.24) is 10.2 Å². The summed E-state index contributed by atoms with van der Waals surface area (Å²) in [5.41, 5.74) is 1.41. The lowest BCUT2D eigenvalue weighted by atomic mass is 10.1. The quantitative estimate of drug-likeness (QED) is 0.465. The molecule has 3 aromatic carbocycles. The molecule has 0 aliphatic carbocycles. The van der Waals surface area contributed by atoms with Crippen molar-refractivity contribution >= 4 is 29.5 Å². The highest BCUT2D eigenvalue weighted by Crippen LogP contribution is 2.23. The standard InChI is InChI=1S/C27H25ClN2O3/c28-22-14-12-21(13-15-22)26(31)29-25(27(32)30-16-5-2-6-17-30)19-20-8-7-11-24(18-20)33-23-9-3-1-4-10-23/h1,3-4,7-15,18-19H,2,5-6,16-17H2,(H,29,31)/b25-19-. The minimum Gasteiger partial charge on any atom is -0.457 e. The van der Waals surface area contributed by atoms with Crippen LogP contribution in [0.4, 0.5) is 0 Å². The third-order valence-electron chi connectivity index (χ3n) is 5.38. The Kier molecular flexibility index (Phi) is 7.43. The number of hydrogen-bond acceptors (Lipinski definition) is 3. The molecule has 4 rings (SSSR count). The molecule has 1 saturated heterocycles. The van der Waals surface area contributed by atoms with E-state index in [0.717, 1.165) is 30.6 Å². The van der Waals surface area contributed by atoms with Crippen molar-refractivity contribution in [2.75, 3.05) is 13.1 Å². The predicted molar refractivity (Wildman–Crippen MR) is 130 cm³/mol. The van der Waals surface area contributed by atoms with Gasteiger partial charge in [-0.1, -0.05) is 41.9 Å². The number of carbonyl (C=O) groups excluding carboxylic acids is 2. The average Bonchev–Trinajstić information content (AvgIpc) is 2.85. The number of ether oxygens (including phenoxy) is 1. The second kappa shape index (κ2) is 10.8. The van der Waals surface area contributed by atoms with Gasteiger partial charge in [0.25, 0.3) is 11.8 Å². The van der Waals surface area contributed by atoms with Gasteiger partial charge in [-0.15, -0.1) is 0 Å². The lowest BCUT2D eigenvalue weighted by molar-refractivity contribution is -0.128. The highest BCUT2D eigenvalue weighted by molar-refractivity contribution is 6.30. The number of nitrogens with one attached hydrogen (secondary N) is 1. The van der Waals surface area contributed by atoms with Gasteiger partial charge in [0.2, 0.25) is 0 Å². The summed E-state index contributed by atoms with van der Waals surface area (Å²) in [4.78, 5) is 27.9. The van der Waals surface area contributed by atoms with Gasteiger partial charge in [0.1, 0.15) is 17.2 Å². The zero-order valence-electron chi connectivity index (χ0n) is 18.2. The first-order valence-corrected chi connectivity index (χ1v) is 11.4. The Morgan fingerprint density at radius 2 is 1.55 bits per heavy atom. The van der Waals surface area contributed by atoms with Crippen molar-refractivity contribution in [1.29, 1.82) is 0 Å². The van der Waals surface area contributed by atoms with Crippen LogP contribution in [0.3, 0.4) is 0 Å². The summed E-state index contributed by atoms with van der Waals surface area (Å²) in [5.74, 6) is 0.814. The van der Waals surface area contributed by atoms with Gasteiger partial charge in [0.05, 0.1) is 0 Å². The van der Waals surface area contributed by atoms with Crippen molar-refractivity contribution in [3.63, 3.8) is 0 Å². The molecular formula is C27H25ClN2O3. The van der Waals surface area contributed by atoms with E-state index in [-0.39, 0.29) is 17.5 Å². The van der Waals surface area contributed by atoms with E-state index in [2.05, 4.69) is 5.32 Å². The molecule has 1 aliphatic rings. The van der Waals surface area contributed by atoms with Gasteiger partial charge in [-0.25, -0.2) is 0 Å². The van der Waals surface area contributed by atoms with E-state index >= 15 is 0 Å². The molecule has 0 bridgehead atoms. The van der Waals surface area contributed by atoms with Crippen LogP contribution in [-0.2, 0) is 4.79 Å². The van der Waals surface area contributed by atoms with Crippen LogP contribution in [0.25, 0.3) is 6.08 Å². The molecular weight excluding hydrogens is 436 g/mol. The predicted octanol–water partition coefficient (Wildman–Crippen LogP) is 5.92. The summed E-state index contributed by atoms with van der Waals surface area (Å²) < 4.78 is 5.91. The molecule has 0 radical (unpaired) electrons. The molecule has 0 aromatic heterocycles. The van der Waals surface area contributed by atoms with Crippen molar-refractivity contribution < 1.29 is 14.3 Å². The van der Waals surface area contributed by atoms with Crippen LogP contribution in [0.15, 0.2) is 84.6 Å². The van der Waals surface area contributed by atoms with Crippen LogP contribution in [-0.4, -0.2) is 29.8 Å². The highest BCUT2D eigenvalue weighted by atomic mass is 35.5. The number of rotatable bonds is 6. The fourth-order valence-corrected chi connectivity index (χ4v) is 3.80. The largest absolute Gasteiger partial charge is 0.457 e. The average molecular weight is 461 g/mol. The maximum absolute atomic E-state index is 13.3. The summed E-state index contributed by atoms with van der Waals surface area (Å²) in [6.07, 6.45) is 4.73. The maximum atomic E-state index is 13.3. The summed E-state index contributed by atoms with van der Waals surface area (Å²) in [6, 6.07) is 23.5. The van der Waals surface area contributed by atoms with Crippen molar-refractivity contribution in [2.24, 2.45) is 0 Å². The Balaban J connectivity index is 1.60. The molecule has 2 amide bonds. The molecule has 0 saturated carbocycles. The molecule has 0 atom stereocenters. The van der Waals surface area contributed by atoms with Gasteiger partial charge in [-0.3, -0.25) is 9.59 Å². The monoisotopic (exact) mass is 460 g/mol. The maximum Gasteiger partial charge on any atom is 0.270 e. The van der Waals surface area contributed by atoms with Crippen molar-refractivity contribution in [3.8, 4) is 11.5 Å². The second-order valence-electron chi connectivity index (χ2n) is 7.86. The molecule has 1 fully saturated rings. The molecule has 1 N–H and O–H groups in total. The van der Waals surface area contributed by atoms with Crippen LogP contribution in [0.2, 0.25) is 5.02 Å². The fraction of sp³-hybridized carbons (Fsp3) is 0.185. The molecule has 168 valence electrons.